The Bertz CT molecular complexity index is 881. The lowest BCUT2D eigenvalue weighted by Crippen LogP contribution is -2.24. The van der Waals surface area contributed by atoms with Crippen LogP contribution in [0.3, 0.4) is 0 Å². The van der Waals surface area contributed by atoms with E-state index in [9.17, 15) is 37.8 Å². The Kier molecular flexibility index (Phi) is 6.07. The van der Waals surface area contributed by atoms with E-state index in [1.165, 1.54) is 17.0 Å². The summed E-state index contributed by atoms with van der Waals surface area (Å²) in [7, 11) is 0. The zero-order valence-corrected chi connectivity index (χ0v) is 14.9. The molecule has 0 N–H and O–H groups in total. The molecule has 0 saturated carbocycles. The van der Waals surface area contributed by atoms with Crippen molar-refractivity contribution in [2.75, 3.05) is 11.4 Å². The van der Waals surface area contributed by atoms with Crippen molar-refractivity contribution in [2.45, 2.75) is 19.6 Å². The van der Waals surface area contributed by atoms with Crippen LogP contribution in [0.4, 0.5) is 34.6 Å². The average molecular weight is 422 g/mol. The fourth-order valence-electron chi connectivity index (χ4n) is 2.62. The van der Waals surface area contributed by atoms with E-state index in [1.54, 1.807) is 6.92 Å². The summed E-state index contributed by atoms with van der Waals surface area (Å²) in [6, 6.07) is 5.02. The van der Waals surface area contributed by atoms with E-state index >= 15 is 0 Å². The van der Waals surface area contributed by atoms with E-state index in [0.717, 1.165) is 6.07 Å². The lowest BCUT2D eigenvalue weighted by Gasteiger charge is -2.24. The first kappa shape index (κ1) is 21.4. The molecule has 0 fully saturated rings. The van der Waals surface area contributed by atoms with Crippen molar-refractivity contribution in [3.8, 4) is 0 Å². The number of hydrogen-bond donors (Lipinski definition) is 0. The van der Waals surface area contributed by atoms with Gasteiger partial charge in [-0.3, -0.25) is 20.2 Å². The van der Waals surface area contributed by atoms with E-state index in [-0.39, 0.29) is 29.4 Å². The van der Waals surface area contributed by atoms with Crippen LogP contribution in [0, 0.1) is 26.0 Å². The summed E-state index contributed by atoms with van der Waals surface area (Å²) in [6.45, 7) is 1.34. The molecule has 0 aliphatic rings. The smallest absolute Gasteiger partial charge is 0.367 e. The normalized spacial score (nSPS) is 11.4. The predicted octanol–water partition coefficient (Wildman–Crippen LogP) is 5.34. The largest absolute Gasteiger partial charge is 0.429 e. The Morgan fingerprint density at radius 2 is 1.64 bits per heavy atom. The van der Waals surface area contributed by atoms with Crippen LogP contribution in [0.2, 0.25) is 5.02 Å². The van der Waals surface area contributed by atoms with Crippen LogP contribution in [0.5, 0.6) is 0 Å². The molecule has 0 aliphatic heterocycles. The van der Waals surface area contributed by atoms with Gasteiger partial charge in [0, 0.05) is 35.8 Å². The number of anilines is 1. The van der Waals surface area contributed by atoms with Crippen molar-refractivity contribution >= 4 is 28.7 Å². The molecule has 0 aromatic heterocycles. The molecule has 0 spiro atoms. The highest BCUT2D eigenvalue weighted by Gasteiger charge is 2.46. The Morgan fingerprint density at radius 1 is 1.11 bits per heavy atom. The molecule has 0 radical (unpaired) electrons. The predicted molar refractivity (Wildman–Crippen MR) is 92.9 cm³/mol. The molecule has 0 unspecified atom stereocenters. The molecule has 0 heterocycles. The van der Waals surface area contributed by atoms with Crippen molar-refractivity contribution in [1.29, 1.82) is 0 Å². The average Bonchev–Trinajstić information content (AvgIpc) is 2.59. The van der Waals surface area contributed by atoms with Gasteiger partial charge in [-0.15, -0.1) is 0 Å². The Balaban J connectivity index is 2.66. The van der Waals surface area contributed by atoms with Crippen LogP contribution in [-0.2, 0) is 12.7 Å². The Labute approximate surface area is 160 Å². The van der Waals surface area contributed by atoms with Gasteiger partial charge in [-0.1, -0.05) is 17.7 Å². The molecule has 0 bridgehead atoms. The minimum absolute atomic E-state index is 0.00350. The molecule has 150 valence electrons. The highest BCUT2D eigenvalue weighted by Crippen LogP contribution is 2.44. The van der Waals surface area contributed by atoms with E-state index in [1.807, 2.05) is 0 Å². The molecule has 7 nitrogen and oxygen atoms in total. The fraction of sp³-hybridized carbons (Fsp3) is 0.250. The summed E-state index contributed by atoms with van der Waals surface area (Å²) in [4.78, 5) is 20.9. The van der Waals surface area contributed by atoms with Crippen molar-refractivity contribution in [3.63, 3.8) is 0 Å². The van der Waals surface area contributed by atoms with Crippen LogP contribution < -0.4 is 4.90 Å². The molecule has 0 amide bonds. The maximum atomic E-state index is 14.0. The summed E-state index contributed by atoms with van der Waals surface area (Å²) in [5.41, 5.74) is -5.12. The zero-order chi connectivity index (χ0) is 21.2. The van der Waals surface area contributed by atoms with Crippen LogP contribution in [0.25, 0.3) is 0 Å². The molecule has 0 atom stereocenters. The molecule has 28 heavy (non-hydrogen) atoms. The third-order valence-corrected chi connectivity index (χ3v) is 4.27. The van der Waals surface area contributed by atoms with E-state index < -0.39 is 38.8 Å². The van der Waals surface area contributed by atoms with Crippen LogP contribution in [-0.4, -0.2) is 16.4 Å². The first-order chi connectivity index (χ1) is 13.0. The van der Waals surface area contributed by atoms with Gasteiger partial charge in [-0.05, 0) is 19.1 Å². The maximum Gasteiger partial charge on any atom is 0.429 e. The summed E-state index contributed by atoms with van der Waals surface area (Å²) < 4.78 is 53.6. The summed E-state index contributed by atoms with van der Waals surface area (Å²) >= 11 is 5.93. The molecule has 12 heteroatoms. The highest BCUT2D eigenvalue weighted by molar-refractivity contribution is 6.31. The lowest BCUT2D eigenvalue weighted by atomic mass is 10.1. The summed E-state index contributed by atoms with van der Waals surface area (Å²) in [6.07, 6.45) is -5.31. The third-order valence-electron chi connectivity index (χ3n) is 3.92. The van der Waals surface area contributed by atoms with Gasteiger partial charge in [-0.25, -0.2) is 4.39 Å². The van der Waals surface area contributed by atoms with Gasteiger partial charge >= 0.3 is 6.18 Å². The van der Waals surface area contributed by atoms with Gasteiger partial charge in [0.2, 0.25) is 5.56 Å². The Hall–Kier alpha value is -2.95. The zero-order valence-electron chi connectivity index (χ0n) is 14.2. The number of alkyl halides is 3. The number of nitro groups is 2. The van der Waals surface area contributed by atoms with Crippen molar-refractivity contribution in [1.82, 2.24) is 0 Å². The topological polar surface area (TPSA) is 89.5 Å². The second-order valence-corrected chi connectivity index (χ2v) is 5.99. The van der Waals surface area contributed by atoms with Crippen molar-refractivity contribution in [2.24, 2.45) is 0 Å². The first-order valence-electron chi connectivity index (χ1n) is 7.69. The second-order valence-electron chi connectivity index (χ2n) is 5.59. The van der Waals surface area contributed by atoms with Gasteiger partial charge in [0.15, 0.2) is 0 Å². The van der Waals surface area contributed by atoms with Gasteiger partial charge < -0.3 is 4.90 Å². The van der Waals surface area contributed by atoms with Crippen molar-refractivity contribution in [3.05, 3.63) is 72.5 Å². The quantitative estimate of drug-likeness (QED) is 0.357. The molecule has 2 aromatic rings. The molecule has 2 aromatic carbocycles. The highest BCUT2D eigenvalue weighted by atomic mass is 35.5. The van der Waals surface area contributed by atoms with Crippen LogP contribution in [0.1, 0.15) is 18.1 Å². The standard InChI is InChI=1S/C16H12ClF4N3O4/c1-2-22(8-10-11(17)4-3-5-12(10)18)9-6-13(23(25)26)15(16(19,20)21)14(7-9)24(27)28/h3-7H,2,8H2,1H3. The number of halogens is 5. The van der Waals surface area contributed by atoms with Crippen LogP contribution >= 0.6 is 11.6 Å². The molecule has 0 saturated heterocycles. The van der Waals surface area contributed by atoms with Crippen molar-refractivity contribution < 1.29 is 27.4 Å². The fourth-order valence-corrected chi connectivity index (χ4v) is 2.84. The summed E-state index contributed by atoms with van der Waals surface area (Å²) in [5.74, 6) is -0.693. The SMILES string of the molecule is CCN(Cc1c(F)cccc1Cl)c1cc([N+](=O)[O-])c(C(F)(F)F)c([N+](=O)[O-])c1. The second kappa shape index (κ2) is 7.97. The number of rotatable bonds is 6. The molecule has 2 rings (SSSR count). The monoisotopic (exact) mass is 421 g/mol. The minimum atomic E-state index is -5.31. The lowest BCUT2D eigenvalue weighted by molar-refractivity contribution is -0.399. The van der Waals surface area contributed by atoms with E-state index in [2.05, 4.69) is 0 Å². The molecular formula is C16H12ClF4N3O4. The van der Waals surface area contributed by atoms with Gasteiger partial charge in [0.25, 0.3) is 11.4 Å². The number of benzene rings is 2. The van der Waals surface area contributed by atoms with E-state index in [4.69, 9.17) is 11.6 Å². The third kappa shape index (κ3) is 4.30. The number of nitro benzene ring substituents is 2. The Morgan fingerprint density at radius 3 is 2.04 bits per heavy atom. The number of nitrogens with zero attached hydrogens (tertiary/aromatic N) is 3. The van der Waals surface area contributed by atoms with E-state index in [0.29, 0.717) is 12.1 Å². The summed E-state index contributed by atoms with van der Waals surface area (Å²) in [5, 5.41) is 22.3. The van der Waals surface area contributed by atoms with Gasteiger partial charge in [-0.2, -0.15) is 13.2 Å². The van der Waals surface area contributed by atoms with Crippen LogP contribution in [0.15, 0.2) is 30.3 Å². The maximum absolute atomic E-state index is 14.0. The molecule has 0 aliphatic carbocycles. The first-order valence-corrected chi connectivity index (χ1v) is 8.07. The minimum Gasteiger partial charge on any atom is -0.367 e. The molecular weight excluding hydrogens is 410 g/mol. The van der Waals surface area contributed by atoms with Gasteiger partial charge in [0.05, 0.1) is 15.5 Å². The van der Waals surface area contributed by atoms with Gasteiger partial charge in [0.1, 0.15) is 5.82 Å². The number of hydrogen-bond acceptors (Lipinski definition) is 5.